The van der Waals surface area contributed by atoms with E-state index >= 15 is 0 Å². The Morgan fingerprint density at radius 2 is 2.07 bits per heavy atom. The smallest absolute Gasteiger partial charge is 0.253 e. The van der Waals surface area contributed by atoms with Gasteiger partial charge in [0.25, 0.3) is 11.8 Å². The van der Waals surface area contributed by atoms with Crippen molar-refractivity contribution >= 4 is 28.5 Å². The Balaban J connectivity index is 1.36. The fourth-order valence-electron chi connectivity index (χ4n) is 3.61. The van der Waals surface area contributed by atoms with E-state index in [9.17, 15) is 9.59 Å². The van der Waals surface area contributed by atoms with Crippen LogP contribution in [-0.4, -0.2) is 40.6 Å². The van der Waals surface area contributed by atoms with Crippen LogP contribution < -0.4 is 10.6 Å². The Labute approximate surface area is 169 Å². The third-order valence-corrected chi connectivity index (χ3v) is 5.08. The standard InChI is InChI=1S/C22H24N4O3/c1-15-24-18-8-2-3-9-19(18)26(15)12-11-23-21(27)16-6-4-7-17(14-16)25-22(28)20-10-5-13-29-20/h2-4,6-9,14,20H,5,10-13H2,1H3,(H,23,27)(H,25,28). The molecule has 0 bridgehead atoms. The van der Waals surface area contributed by atoms with Gasteiger partial charge in [-0.3, -0.25) is 9.59 Å². The minimum Gasteiger partial charge on any atom is -0.368 e. The van der Waals surface area contributed by atoms with E-state index in [1.807, 2.05) is 31.2 Å². The summed E-state index contributed by atoms with van der Waals surface area (Å²) in [5, 5.41) is 5.77. The fourth-order valence-corrected chi connectivity index (χ4v) is 3.61. The van der Waals surface area contributed by atoms with Crippen LogP contribution in [0.25, 0.3) is 11.0 Å². The van der Waals surface area contributed by atoms with Crippen molar-refractivity contribution < 1.29 is 14.3 Å². The second-order valence-electron chi connectivity index (χ2n) is 7.13. The highest BCUT2D eigenvalue weighted by atomic mass is 16.5. The molecule has 0 spiro atoms. The lowest BCUT2D eigenvalue weighted by Crippen LogP contribution is -2.28. The molecular weight excluding hydrogens is 368 g/mol. The molecule has 0 radical (unpaired) electrons. The van der Waals surface area contributed by atoms with Crippen LogP contribution in [0.2, 0.25) is 0 Å². The molecule has 2 heterocycles. The summed E-state index contributed by atoms with van der Waals surface area (Å²) in [5.41, 5.74) is 3.10. The summed E-state index contributed by atoms with van der Waals surface area (Å²) in [7, 11) is 0. The number of hydrogen-bond donors (Lipinski definition) is 2. The van der Waals surface area contributed by atoms with Crippen LogP contribution in [0, 0.1) is 6.92 Å². The lowest BCUT2D eigenvalue weighted by atomic mass is 10.1. The van der Waals surface area contributed by atoms with Crippen LogP contribution in [0.4, 0.5) is 5.69 Å². The molecule has 0 saturated carbocycles. The number of rotatable bonds is 6. The molecule has 1 saturated heterocycles. The van der Waals surface area contributed by atoms with Gasteiger partial charge in [0.05, 0.1) is 11.0 Å². The molecule has 0 aliphatic carbocycles. The van der Waals surface area contributed by atoms with Crippen molar-refractivity contribution in [2.24, 2.45) is 0 Å². The predicted octanol–water partition coefficient (Wildman–Crippen LogP) is 2.89. The Morgan fingerprint density at radius 1 is 1.21 bits per heavy atom. The van der Waals surface area contributed by atoms with Gasteiger partial charge in [-0.2, -0.15) is 0 Å². The van der Waals surface area contributed by atoms with E-state index in [0.29, 0.717) is 30.9 Å². The number of carbonyl (C=O) groups is 2. The Morgan fingerprint density at radius 3 is 2.90 bits per heavy atom. The molecule has 150 valence electrons. The monoisotopic (exact) mass is 392 g/mol. The molecule has 1 atom stereocenters. The maximum Gasteiger partial charge on any atom is 0.253 e. The number of carbonyl (C=O) groups excluding carboxylic acids is 2. The lowest BCUT2D eigenvalue weighted by molar-refractivity contribution is -0.124. The predicted molar refractivity (Wildman–Crippen MR) is 111 cm³/mol. The topological polar surface area (TPSA) is 85.3 Å². The van der Waals surface area contributed by atoms with Gasteiger partial charge in [0, 0.05) is 30.9 Å². The quantitative estimate of drug-likeness (QED) is 0.676. The number of aromatic nitrogens is 2. The number of fused-ring (bicyclic) bond motifs is 1. The molecule has 1 aliphatic rings. The van der Waals surface area contributed by atoms with Gasteiger partial charge in [0.15, 0.2) is 0 Å². The number of benzene rings is 2. The summed E-state index contributed by atoms with van der Waals surface area (Å²) in [4.78, 5) is 29.3. The van der Waals surface area contributed by atoms with E-state index in [4.69, 9.17) is 4.74 Å². The minimum absolute atomic E-state index is 0.164. The number of nitrogens with zero attached hydrogens (tertiary/aromatic N) is 2. The van der Waals surface area contributed by atoms with Gasteiger partial charge in [-0.15, -0.1) is 0 Å². The number of imidazole rings is 1. The molecule has 7 heteroatoms. The van der Waals surface area contributed by atoms with E-state index < -0.39 is 6.10 Å². The molecule has 1 aliphatic heterocycles. The SMILES string of the molecule is Cc1nc2ccccc2n1CCNC(=O)c1cccc(NC(=O)C2CCCO2)c1. The molecule has 1 unspecified atom stereocenters. The van der Waals surface area contributed by atoms with Crippen molar-refractivity contribution in [3.8, 4) is 0 Å². The molecule has 2 N–H and O–H groups in total. The van der Waals surface area contributed by atoms with Crippen molar-refractivity contribution in [1.82, 2.24) is 14.9 Å². The van der Waals surface area contributed by atoms with E-state index in [2.05, 4.69) is 20.2 Å². The lowest BCUT2D eigenvalue weighted by Gasteiger charge is -2.12. The fraction of sp³-hybridized carbons (Fsp3) is 0.318. The molecule has 29 heavy (non-hydrogen) atoms. The van der Waals surface area contributed by atoms with Crippen LogP contribution in [0.5, 0.6) is 0 Å². The maximum atomic E-state index is 12.5. The molecule has 7 nitrogen and oxygen atoms in total. The van der Waals surface area contributed by atoms with E-state index in [-0.39, 0.29) is 11.8 Å². The van der Waals surface area contributed by atoms with Crippen molar-refractivity contribution in [2.45, 2.75) is 32.4 Å². The summed E-state index contributed by atoms with van der Waals surface area (Å²) < 4.78 is 7.49. The minimum atomic E-state index is -0.402. The van der Waals surface area contributed by atoms with Crippen molar-refractivity contribution in [2.75, 3.05) is 18.5 Å². The number of para-hydroxylation sites is 2. The van der Waals surface area contributed by atoms with Gasteiger partial charge >= 0.3 is 0 Å². The molecule has 1 fully saturated rings. The van der Waals surface area contributed by atoms with Gasteiger partial charge in [0.2, 0.25) is 0 Å². The molecule has 4 rings (SSSR count). The van der Waals surface area contributed by atoms with E-state index in [1.54, 1.807) is 24.3 Å². The second-order valence-corrected chi connectivity index (χ2v) is 7.13. The van der Waals surface area contributed by atoms with E-state index in [1.165, 1.54) is 0 Å². The first-order valence-corrected chi connectivity index (χ1v) is 9.84. The van der Waals surface area contributed by atoms with Gasteiger partial charge < -0.3 is 19.9 Å². The van der Waals surface area contributed by atoms with Crippen molar-refractivity contribution in [3.05, 3.63) is 59.9 Å². The van der Waals surface area contributed by atoms with Crippen LogP contribution >= 0.6 is 0 Å². The summed E-state index contributed by atoms with van der Waals surface area (Å²) >= 11 is 0. The average molecular weight is 392 g/mol. The van der Waals surface area contributed by atoms with Crippen LogP contribution in [-0.2, 0) is 16.1 Å². The number of aryl methyl sites for hydroxylation is 1. The van der Waals surface area contributed by atoms with Gasteiger partial charge in [0.1, 0.15) is 11.9 Å². The number of hydrogen-bond acceptors (Lipinski definition) is 4. The maximum absolute atomic E-state index is 12.5. The number of nitrogens with one attached hydrogen (secondary N) is 2. The zero-order valence-electron chi connectivity index (χ0n) is 16.4. The average Bonchev–Trinajstić information content (AvgIpc) is 3.36. The zero-order chi connectivity index (χ0) is 20.2. The van der Waals surface area contributed by atoms with Crippen LogP contribution in [0.3, 0.4) is 0 Å². The summed E-state index contributed by atoms with van der Waals surface area (Å²) in [6, 6.07) is 14.9. The molecule has 1 aromatic heterocycles. The van der Waals surface area contributed by atoms with Crippen molar-refractivity contribution in [1.29, 1.82) is 0 Å². The first-order chi connectivity index (χ1) is 14.1. The highest BCUT2D eigenvalue weighted by Crippen LogP contribution is 2.17. The van der Waals surface area contributed by atoms with Crippen LogP contribution in [0.1, 0.15) is 29.0 Å². The molecular formula is C22H24N4O3. The Kier molecular flexibility index (Phi) is 5.57. The van der Waals surface area contributed by atoms with Gasteiger partial charge in [-0.1, -0.05) is 18.2 Å². The first-order valence-electron chi connectivity index (χ1n) is 9.84. The number of ether oxygens (including phenoxy) is 1. The summed E-state index contributed by atoms with van der Waals surface area (Å²) in [6.07, 6.45) is 1.22. The third kappa shape index (κ3) is 4.30. The highest BCUT2D eigenvalue weighted by molar-refractivity contribution is 5.98. The number of anilines is 1. The summed E-state index contributed by atoms with van der Waals surface area (Å²) in [5.74, 6) is 0.571. The largest absolute Gasteiger partial charge is 0.368 e. The third-order valence-electron chi connectivity index (χ3n) is 5.08. The Bertz CT molecular complexity index is 1040. The first kappa shape index (κ1) is 19.1. The van der Waals surface area contributed by atoms with Crippen LogP contribution in [0.15, 0.2) is 48.5 Å². The molecule has 2 amide bonds. The Hall–Kier alpha value is -3.19. The van der Waals surface area contributed by atoms with Gasteiger partial charge in [-0.05, 0) is 50.1 Å². The molecule has 3 aromatic rings. The van der Waals surface area contributed by atoms with Gasteiger partial charge in [-0.25, -0.2) is 4.98 Å². The normalized spacial score (nSPS) is 16.1. The highest BCUT2D eigenvalue weighted by Gasteiger charge is 2.23. The second kappa shape index (κ2) is 8.45. The zero-order valence-corrected chi connectivity index (χ0v) is 16.4. The van der Waals surface area contributed by atoms with Crippen molar-refractivity contribution in [3.63, 3.8) is 0 Å². The number of amides is 2. The summed E-state index contributed by atoms with van der Waals surface area (Å²) in [6.45, 7) is 3.69. The molecule has 2 aromatic carbocycles. The van der Waals surface area contributed by atoms with E-state index in [0.717, 1.165) is 29.7 Å².